The molecule has 1 aliphatic rings. The van der Waals surface area contributed by atoms with E-state index in [4.69, 9.17) is 4.74 Å². The molecular formula is C13H15BrN2O5. The van der Waals surface area contributed by atoms with E-state index in [1.54, 1.807) is 13.1 Å². The molecule has 0 saturated heterocycles. The molecule has 0 aromatic heterocycles. The molecule has 1 aromatic rings. The zero-order valence-electron chi connectivity index (χ0n) is 11.3. The van der Waals surface area contributed by atoms with E-state index in [0.717, 1.165) is 0 Å². The van der Waals surface area contributed by atoms with Crippen LogP contribution in [0.2, 0.25) is 0 Å². The van der Waals surface area contributed by atoms with E-state index in [-0.39, 0.29) is 11.8 Å². The molecule has 2 unspecified atom stereocenters. The SMILES string of the molecule is CNC1(C(=O)O)CCC(Oc2cc(Br)cc([N+](=O)[O-])c2)C1. The predicted octanol–water partition coefficient (Wildman–Crippen LogP) is 2.33. The highest BCUT2D eigenvalue weighted by molar-refractivity contribution is 9.10. The maximum Gasteiger partial charge on any atom is 0.324 e. The Balaban J connectivity index is 2.13. The minimum atomic E-state index is -0.984. The number of halogens is 1. The lowest BCUT2D eigenvalue weighted by molar-refractivity contribution is -0.385. The molecule has 1 saturated carbocycles. The van der Waals surface area contributed by atoms with Crippen LogP contribution in [0.15, 0.2) is 22.7 Å². The van der Waals surface area contributed by atoms with Crippen molar-refractivity contribution in [1.29, 1.82) is 0 Å². The molecule has 2 atom stereocenters. The highest BCUT2D eigenvalue weighted by Crippen LogP contribution is 2.34. The van der Waals surface area contributed by atoms with Crippen LogP contribution in [0.3, 0.4) is 0 Å². The highest BCUT2D eigenvalue weighted by Gasteiger charge is 2.45. The van der Waals surface area contributed by atoms with Gasteiger partial charge in [-0.05, 0) is 26.0 Å². The van der Waals surface area contributed by atoms with Crippen molar-refractivity contribution in [2.45, 2.75) is 30.9 Å². The van der Waals surface area contributed by atoms with Crippen molar-refractivity contribution in [1.82, 2.24) is 5.32 Å². The molecule has 1 aromatic carbocycles. The largest absolute Gasteiger partial charge is 0.490 e. The predicted molar refractivity (Wildman–Crippen MR) is 78.5 cm³/mol. The molecule has 0 spiro atoms. The third-order valence-electron chi connectivity index (χ3n) is 3.73. The lowest BCUT2D eigenvalue weighted by Crippen LogP contribution is -2.48. The average Bonchev–Trinajstić information content (AvgIpc) is 2.82. The molecule has 1 fully saturated rings. The van der Waals surface area contributed by atoms with E-state index < -0.39 is 16.4 Å². The second-order valence-electron chi connectivity index (χ2n) is 5.02. The van der Waals surface area contributed by atoms with Gasteiger partial charge in [0.25, 0.3) is 5.69 Å². The van der Waals surface area contributed by atoms with Gasteiger partial charge in [0.1, 0.15) is 17.4 Å². The number of carbonyl (C=O) groups is 1. The molecule has 0 bridgehead atoms. The van der Waals surface area contributed by atoms with Gasteiger partial charge in [-0.3, -0.25) is 14.9 Å². The van der Waals surface area contributed by atoms with Crippen molar-refractivity contribution in [3.8, 4) is 5.75 Å². The molecule has 0 amide bonds. The van der Waals surface area contributed by atoms with Gasteiger partial charge < -0.3 is 15.2 Å². The minimum Gasteiger partial charge on any atom is -0.490 e. The zero-order valence-corrected chi connectivity index (χ0v) is 12.9. The third kappa shape index (κ3) is 3.33. The summed E-state index contributed by atoms with van der Waals surface area (Å²) >= 11 is 3.20. The van der Waals surface area contributed by atoms with Gasteiger partial charge in [0.05, 0.1) is 11.0 Å². The van der Waals surface area contributed by atoms with Crippen LogP contribution in [0.5, 0.6) is 5.75 Å². The Labute approximate surface area is 129 Å². The summed E-state index contributed by atoms with van der Waals surface area (Å²) in [4.78, 5) is 21.7. The summed E-state index contributed by atoms with van der Waals surface area (Å²) in [6.45, 7) is 0. The molecule has 2 rings (SSSR count). The Hall–Kier alpha value is -1.67. The first-order valence-electron chi connectivity index (χ1n) is 6.40. The molecule has 0 radical (unpaired) electrons. The topological polar surface area (TPSA) is 102 Å². The van der Waals surface area contributed by atoms with Crippen LogP contribution in [-0.4, -0.2) is 34.7 Å². The molecule has 0 aliphatic heterocycles. The number of aliphatic carboxylic acids is 1. The molecule has 1 aliphatic carbocycles. The molecule has 21 heavy (non-hydrogen) atoms. The fourth-order valence-electron chi connectivity index (χ4n) is 2.54. The second-order valence-corrected chi connectivity index (χ2v) is 5.94. The lowest BCUT2D eigenvalue weighted by Gasteiger charge is -2.23. The molecule has 0 heterocycles. The van der Waals surface area contributed by atoms with Crippen LogP contribution >= 0.6 is 15.9 Å². The van der Waals surface area contributed by atoms with Gasteiger partial charge in [-0.2, -0.15) is 0 Å². The third-order valence-corrected chi connectivity index (χ3v) is 4.18. The summed E-state index contributed by atoms with van der Waals surface area (Å²) in [6, 6.07) is 4.36. The van der Waals surface area contributed by atoms with Crippen LogP contribution in [0.4, 0.5) is 5.69 Å². The number of nitrogens with one attached hydrogen (secondary N) is 1. The number of non-ortho nitro benzene ring substituents is 1. The first-order valence-corrected chi connectivity index (χ1v) is 7.19. The first kappa shape index (κ1) is 15.7. The summed E-state index contributed by atoms with van der Waals surface area (Å²) in [6.07, 6.45) is 1.06. The Kier molecular flexibility index (Phi) is 4.48. The Bertz CT molecular complexity index is 580. The number of rotatable bonds is 5. The van der Waals surface area contributed by atoms with Gasteiger partial charge in [-0.25, -0.2) is 0 Å². The molecule has 114 valence electrons. The number of hydrogen-bond donors (Lipinski definition) is 2. The van der Waals surface area contributed by atoms with E-state index >= 15 is 0 Å². The minimum absolute atomic E-state index is 0.0736. The number of ether oxygens (including phenoxy) is 1. The molecule has 8 heteroatoms. The van der Waals surface area contributed by atoms with Gasteiger partial charge in [-0.1, -0.05) is 15.9 Å². The monoisotopic (exact) mass is 358 g/mol. The van der Waals surface area contributed by atoms with Crippen molar-refractivity contribution in [2.24, 2.45) is 0 Å². The van der Waals surface area contributed by atoms with Gasteiger partial charge in [0.2, 0.25) is 0 Å². The molecule has 7 nitrogen and oxygen atoms in total. The average molecular weight is 359 g/mol. The summed E-state index contributed by atoms with van der Waals surface area (Å²) < 4.78 is 6.26. The maximum atomic E-state index is 11.3. The van der Waals surface area contributed by atoms with E-state index in [2.05, 4.69) is 21.2 Å². The number of carboxylic acids is 1. The van der Waals surface area contributed by atoms with Gasteiger partial charge in [-0.15, -0.1) is 0 Å². The summed E-state index contributed by atoms with van der Waals surface area (Å²) in [7, 11) is 1.61. The number of carboxylic acid groups (broad SMARTS) is 1. The Morgan fingerprint density at radius 1 is 1.57 bits per heavy atom. The van der Waals surface area contributed by atoms with Crippen LogP contribution in [-0.2, 0) is 4.79 Å². The number of nitrogens with zero attached hydrogens (tertiary/aromatic N) is 1. The van der Waals surface area contributed by atoms with Crippen LogP contribution in [0.1, 0.15) is 19.3 Å². The number of nitro benzene ring substituents is 1. The van der Waals surface area contributed by atoms with E-state index in [0.29, 0.717) is 29.5 Å². The summed E-state index contributed by atoms with van der Waals surface area (Å²) in [5.41, 5.74) is -1.06. The number of nitro groups is 1. The van der Waals surface area contributed by atoms with Gasteiger partial charge >= 0.3 is 5.97 Å². The van der Waals surface area contributed by atoms with Crippen LogP contribution in [0.25, 0.3) is 0 Å². The lowest BCUT2D eigenvalue weighted by atomic mass is 9.98. The molecular weight excluding hydrogens is 344 g/mol. The van der Waals surface area contributed by atoms with Gasteiger partial charge in [0.15, 0.2) is 0 Å². The fraction of sp³-hybridized carbons (Fsp3) is 0.462. The fourth-order valence-corrected chi connectivity index (χ4v) is 3.00. The van der Waals surface area contributed by atoms with E-state index in [1.807, 2.05) is 0 Å². The smallest absolute Gasteiger partial charge is 0.324 e. The highest BCUT2D eigenvalue weighted by atomic mass is 79.9. The van der Waals surface area contributed by atoms with Crippen LogP contribution in [0, 0.1) is 10.1 Å². The molecule has 2 N–H and O–H groups in total. The summed E-state index contributed by atoms with van der Waals surface area (Å²) in [5, 5.41) is 23.0. The second kappa shape index (κ2) is 5.98. The van der Waals surface area contributed by atoms with Crippen LogP contribution < -0.4 is 10.1 Å². The van der Waals surface area contributed by atoms with E-state index in [9.17, 15) is 20.0 Å². The normalized spacial score (nSPS) is 24.8. The number of benzene rings is 1. The standard InChI is InChI=1S/C13H15BrN2O5/c1-15-13(12(17)18)3-2-10(7-13)21-11-5-8(14)4-9(6-11)16(19)20/h4-6,10,15H,2-3,7H2,1H3,(H,17,18). The van der Waals surface area contributed by atoms with Crippen molar-refractivity contribution in [2.75, 3.05) is 7.05 Å². The number of likely N-dealkylation sites (N-methyl/N-ethyl adjacent to an activating group) is 1. The van der Waals surface area contributed by atoms with Crippen molar-refractivity contribution in [3.63, 3.8) is 0 Å². The Morgan fingerprint density at radius 3 is 2.81 bits per heavy atom. The Morgan fingerprint density at radius 2 is 2.29 bits per heavy atom. The van der Waals surface area contributed by atoms with Crippen molar-refractivity contribution in [3.05, 3.63) is 32.8 Å². The first-order chi connectivity index (χ1) is 9.86. The quantitative estimate of drug-likeness (QED) is 0.618. The zero-order chi connectivity index (χ0) is 15.6. The van der Waals surface area contributed by atoms with E-state index in [1.165, 1.54) is 12.1 Å². The van der Waals surface area contributed by atoms with Gasteiger partial charge in [0, 0.05) is 17.0 Å². The van der Waals surface area contributed by atoms with Crippen molar-refractivity contribution >= 4 is 27.6 Å². The van der Waals surface area contributed by atoms with Crippen molar-refractivity contribution < 1.29 is 19.6 Å². The maximum absolute atomic E-state index is 11.3. The summed E-state index contributed by atoms with van der Waals surface area (Å²) in [5.74, 6) is -0.547. The number of hydrogen-bond acceptors (Lipinski definition) is 5.